The quantitative estimate of drug-likeness (QED) is 0.236. The van der Waals surface area contributed by atoms with Crippen LogP contribution in [-0.4, -0.2) is 60.8 Å². The van der Waals surface area contributed by atoms with Crippen LogP contribution in [0.1, 0.15) is 75.4 Å². The number of para-hydroxylation sites is 1. The van der Waals surface area contributed by atoms with Crippen LogP contribution in [0.2, 0.25) is 5.54 Å². The Bertz CT molecular complexity index is 1940. The Morgan fingerprint density at radius 1 is 1.09 bits per heavy atom. The molecule has 4 aromatic rings. The molecule has 3 aromatic carbocycles. The first-order chi connectivity index (χ1) is 22.4. The number of likely N-dealkylation sites (tertiary alicyclic amines) is 1. The van der Waals surface area contributed by atoms with Gasteiger partial charge in [0.25, 0.3) is 0 Å². The van der Waals surface area contributed by atoms with Crippen molar-refractivity contribution in [3.8, 4) is 11.8 Å². The number of aromatic nitrogens is 2. The largest absolute Gasteiger partial charge is 0.480 e. The summed E-state index contributed by atoms with van der Waals surface area (Å²) in [4.78, 5) is 19.1. The zero-order valence-electron chi connectivity index (χ0n) is 24.8. The number of imidazole rings is 1. The third-order valence-corrected chi connectivity index (χ3v) is 11.3. The van der Waals surface area contributed by atoms with Gasteiger partial charge in [0.15, 0.2) is 0 Å². The topological polar surface area (TPSA) is 101 Å². The lowest BCUT2D eigenvalue weighted by Gasteiger charge is -2.34. The molecular formula is C35H30F2N4O4Si. The molecule has 8 rings (SSSR count). The summed E-state index contributed by atoms with van der Waals surface area (Å²) in [6, 6.07) is 16.7. The van der Waals surface area contributed by atoms with E-state index < -0.39 is 23.7 Å². The third-order valence-electron chi connectivity index (χ3n) is 9.69. The number of aromatic carboxylic acids is 1. The highest BCUT2D eigenvalue weighted by Gasteiger charge is 2.49. The number of ether oxygens (including phenoxy) is 2. The Labute approximate surface area is 266 Å². The maximum atomic E-state index is 15.4. The summed E-state index contributed by atoms with van der Waals surface area (Å²) in [5, 5.41) is 18.7. The Hall–Kier alpha value is -4.37. The van der Waals surface area contributed by atoms with Gasteiger partial charge in [-0.25, -0.2) is 18.6 Å². The second kappa shape index (κ2) is 11.5. The number of benzene rings is 3. The van der Waals surface area contributed by atoms with Crippen molar-refractivity contribution >= 4 is 32.3 Å². The number of carboxylic acid groups (broad SMARTS) is 1. The van der Waals surface area contributed by atoms with Crippen LogP contribution in [-0.2, 0) is 11.3 Å². The maximum Gasteiger partial charge on any atom is 0.335 e. The molecule has 0 aliphatic carbocycles. The van der Waals surface area contributed by atoms with Gasteiger partial charge in [-0.1, -0.05) is 18.2 Å². The predicted molar refractivity (Wildman–Crippen MR) is 167 cm³/mol. The monoisotopic (exact) mass is 636 g/mol. The molecule has 4 aliphatic rings. The van der Waals surface area contributed by atoms with Gasteiger partial charge in [-0.15, -0.1) is 0 Å². The van der Waals surface area contributed by atoms with Crippen LogP contribution in [0.15, 0.2) is 60.7 Å². The van der Waals surface area contributed by atoms with Gasteiger partial charge >= 0.3 is 5.97 Å². The molecule has 3 saturated heterocycles. The van der Waals surface area contributed by atoms with Crippen LogP contribution in [0.25, 0.3) is 16.9 Å². The van der Waals surface area contributed by atoms with Gasteiger partial charge in [-0.3, -0.25) is 4.90 Å². The Balaban J connectivity index is 1.01. The number of nitrogens with zero attached hydrogens (tertiary/aromatic N) is 4. The maximum absolute atomic E-state index is 15.4. The standard InChI is InChI=1S/C35H30F2N4O4Si/c36-25-14-19(17-38)4-6-23(25)30-16-26(37)24-3-1-2-22(32(24)45-30)20-8-11-40(12-9-20)18-31-39-27-7-5-21(35(42)43)15-28(27)41(31)34-33(46-34)29-10-13-44-29/h1-7,14-16,20,29-30,33-34H,8-13,18H2,(H,42,43)/t29?,30?,33-,34?/m1/s1. The van der Waals surface area contributed by atoms with Gasteiger partial charge in [0.05, 0.1) is 56.0 Å². The van der Waals surface area contributed by atoms with E-state index in [0.29, 0.717) is 23.4 Å². The molecule has 0 saturated carbocycles. The summed E-state index contributed by atoms with van der Waals surface area (Å²) in [5.74, 6) is -0.492. The number of piperidine rings is 1. The molecule has 0 spiro atoms. The number of halogens is 2. The van der Waals surface area contributed by atoms with Crippen molar-refractivity contribution in [3.05, 3.63) is 100 Å². The third kappa shape index (κ3) is 5.10. The normalized spacial score (nSPS) is 24.4. The van der Waals surface area contributed by atoms with Gasteiger partial charge in [-0.2, -0.15) is 5.26 Å². The van der Waals surface area contributed by atoms with Crippen molar-refractivity contribution in [1.29, 1.82) is 5.26 Å². The molecule has 1 aromatic heterocycles. The van der Waals surface area contributed by atoms with Crippen molar-refractivity contribution in [2.45, 2.75) is 55.1 Å². The number of nitriles is 1. The first-order valence-electron chi connectivity index (χ1n) is 15.6. The number of fused-ring (bicyclic) bond motifs is 2. The van der Waals surface area contributed by atoms with Crippen LogP contribution >= 0.6 is 0 Å². The van der Waals surface area contributed by atoms with E-state index in [0.717, 1.165) is 77.0 Å². The summed E-state index contributed by atoms with van der Waals surface area (Å²) in [5.41, 5.74) is 4.30. The molecule has 3 unspecified atom stereocenters. The van der Waals surface area contributed by atoms with Crippen molar-refractivity contribution in [1.82, 2.24) is 14.5 Å². The van der Waals surface area contributed by atoms with E-state index in [9.17, 15) is 14.3 Å². The summed E-state index contributed by atoms with van der Waals surface area (Å²) in [6.07, 6.45) is 3.35. The van der Waals surface area contributed by atoms with Crippen LogP contribution in [0.4, 0.5) is 8.78 Å². The molecule has 11 heteroatoms. The van der Waals surface area contributed by atoms with Gasteiger partial charge < -0.3 is 19.1 Å². The molecule has 1 N–H and O–H groups in total. The first-order valence-corrected chi connectivity index (χ1v) is 16.7. The molecule has 3 fully saturated rings. The SMILES string of the molecule is N#Cc1ccc(C2C=C(F)c3cccc(C4CCN(Cc5nc6ccc(C(=O)O)cc6n5C5[Si][C@@H]5C5CCO5)CC4)c3O2)c(F)c1. The fraction of sp³-hybridized carbons (Fsp3) is 0.343. The number of rotatable bonds is 7. The minimum atomic E-state index is -0.953. The zero-order chi connectivity index (χ0) is 31.5. The minimum Gasteiger partial charge on any atom is -0.480 e. The highest BCUT2D eigenvalue weighted by molar-refractivity contribution is 6.53. The minimum absolute atomic E-state index is 0.130. The van der Waals surface area contributed by atoms with E-state index in [2.05, 4.69) is 9.47 Å². The molecule has 4 aliphatic heterocycles. The van der Waals surface area contributed by atoms with Crippen molar-refractivity contribution in [2.75, 3.05) is 19.7 Å². The highest BCUT2D eigenvalue weighted by atomic mass is 28.2. The van der Waals surface area contributed by atoms with Gasteiger partial charge in [0, 0.05) is 17.8 Å². The number of hydrogen-bond donors (Lipinski definition) is 1. The van der Waals surface area contributed by atoms with E-state index in [1.54, 1.807) is 24.3 Å². The highest BCUT2D eigenvalue weighted by Crippen LogP contribution is 2.50. The summed E-state index contributed by atoms with van der Waals surface area (Å²) in [6.45, 7) is 3.04. The van der Waals surface area contributed by atoms with E-state index in [-0.39, 0.29) is 34.4 Å². The molecule has 0 amide bonds. The number of hydrogen-bond acceptors (Lipinski definition) is 6. The van der Waals surface area contributed by atoms with Crippen molar-refractivity contribution in [3.63, 3.8) is 0 Å². The van der Waals surface area contributed by atoms with Crippen molar-refractivity contribution in [2.24, 2.45) is 0 Å². The molecule has 232 valence electrons. The lowest BCUT2D eigenvalue weighted by Crippen LogP contribution is -2.33. The second-order valence-corrected chi connectivity index (χ2v) is 14.0. The fourth-order valence-corrected chi connectivity index (χ4v) is 8.65. The molecule has 8 nitrogen and oxygen atoms in total. The molecular weight excluding hydrogens is 606 g/mol. The van der Waals surface area contributed by atoms with Crippen molar-refractivity contribution < 1.29 is 28.2 Å². The average Bonchev–Trinajstić information content (AvgIpc) is 3.70. The lowest BCUT2D eigenvalue weighted by molar-refractivity contribution is -0.0494. The van der Waals surface area contributed by atoms with Crippen LogP contribution in [0, 0.1) is 17.1 Å². The average molecular weight is 637 g/mol. The molecule has 4 atom stereocenters. The number of carboxylic acids is 1. The van der Waals surface area contributed by atoms with Gasteiger partial charge in [0.1, 0.15) is 29.3 Å². The van der Waals surface area contributed by atoms with Gasteiger partial charge in [-0.05, 0) is 91.8 Å². The lowest BCUT2D eigenvalue weighted by atomic mass is 9.86. The summed E-state index contributed by atoms with van der Waals surface area (Å²) in [7, 11) is 0.720. The van der Waals surface area contributed by atoms with Crippen LogP contribution in [0.3, 0.4) is 0 Å². The van der Waals surface area contributed by atoms with Gasteiger partial charge in [0.2, 0.25) is 0 Å². The van der Waals surface area contributed by atoms with Crippen LogP contribution in [0.5, 0.6) is 5.75 Å². The summed E-state index contributed by atoms with van der Waals surface area (Å²) < 4.78 is 44.6. The van der Waals surface area contributed by atoms with Crippen LogP contribution < -0.4 is 4.74 Å². The Morgan fingerprint density at radius 3 is 2.63 bits per heavy atom. The van der Waals surface area contributed by atoms with E-state index >= 15 is 4.39 Å². The van der Waals surface area contributed by atoms with E-state index in [4.69, 9.17) is 19.7 Å². The fourth-order valence-electron chi connectivity index (χ4n) is 7.08. The number of carbonyl (C=O) groups is 1. The molecule has 5 heterocycles. The Kier molecular flexibility index (Phi) is 7.24. The first kappa shape index (κ1) is 29.1. The predicted octanol–water partition coefficient (Wildman–Crippen LogP) is 6.36. The van der Waals surface area contributed by atoms with E-state index in [1.807, 2.05) is 18.2 Å². The molecule has 0 bridgehead atoms. The summed E-state index contributed by atoms with van der Waals surface area (Å²) >= 11 is 0. The Morgan fingerprint density at radius 2 is 1.91 bits per heavy atom. The smallest absolute Gasteiger partial charge is 0.335 e. The molecule has 46 heavy (non-hydrogen) atoms. The van der Waals surface area contributed by atoms with E-state index in [1.165, 1.54) is 18.2 Å². The zero-order valence-corrected chi connectivity index (χ0v) is 25.8. The second-order valence-electron chi connectivity index (χ2n) is 12.4. The molecule has 2 radical (unpaired) electrons.